The van der Waals surface area contributed by atoms with E-state index < -0.39 is 6.61 Å². The SMILES string of the molecule is CCOc1cc(CN(C)CC(=O)Nc2c(C#N)c(C)c(C)n2Cc2ccco2)ccc1OC(F)F. The minimum atomic E-state index is -2.95. The van der Waals surface area contributed by atoms with Crippen LogP contribution in [0.2, 0.25) is 0 Å². The molecular weight excluding hydrogens is 458 g/mol. The van der Waals surface area contributed by atoms with Gasteiger partial charge in [-0.25, -0.2) is 0 Å². The maximum absolute atomic E-state index is 12.9. The summed E-state index contributed by atoms with van der Waals surface area (Å²) in [6.45, 7) is 3.58. The van der Waals surface area contributed by atoms with Crippen molar-refractivity contribution in [3.05, 3.63) is 64.7 Å². The first-order valence-corrected chi connectivity index (χ1v) is 11.0. The second-order valence-electron chi connectivity index (χ2n) is 8.02. The summed E-state index contributed by atoms with van der Waals surface area (Å²) in [6.07, 6.45) is 1.57. The summed E-state index contributed by atoms with van der Waals surface area (Å²) in [6, 6.07) is 10.5. The van der Waals surface area contributed by atoms with Gasteiger partial charge in [-0.15, -0.1) is 0 Å². The number of nitrogens with zero attached hydrogens (tertiary/aromatic N) is 3. The van der Waals surface area contributed by atoms with Crippen LogP contribution in [0.5, 0.6) is 11.5 Å². The van der Waals surface area contributed by atoms with Crippen molar-refractivity contribution < 1.29 is 27.5 Å². The smallest absolute Gasteiger partial charge is 0.387 e. The van der Waals surface area contributed by atoms with Crippen molar-refractivity contribution in [3.63, 3.8) is 0 Å². The molecule has 10 heteroatoms. The van der Waals surface area contributed by atoms with E-state index in [-0.39, 0.29) is 24.0 Å². The highest BCUT2D eigenvalue weighted by atomic mass is 19.3. The number of carbonyl (C=O) groups is 1. The number of alkyl halides is 2. The van der Waals surface area contributed by atoms with E-state index in [1.54, 1.807) is 43.3 Å². The molecule has 0 aliphatic rings. The van der Waals surface area contributed by atoms with Crippen molar-refractivity contribution >= 4 is 11.7 Å². The van der Waals surface area contributed by atoms with Crippen molar-refractivity contribution in [2.24, 2.45) is 0 Å². The second kappa shape index (κ2) is 11.5. The van der Waals surface area contributed by atoms with Crippen LogP contribution in [-0.2, 0) is 17.9 Å². The average molecular weight is 487 g/mol. The van der Waals surface area contributed by atoms with E-state index in [0.29, 0.717) is 36.8 Å². The van der Waals surface area contributed by atoms with Crippen LogP contribution >= 0.6 is 0 Å². The number of halogens is 2. The van der Waals surface area contributed by atoms with Gasteiger partial charge in [-0.1, -0.05) is 6.07 Å². The number of nitriles is 1. The van der Waals surface area contributed by atoms with Gasteiger partial charge >= 0.3 is 6.61 Å². The van der Waals surface area contributed by atoms with Crippen LogP contribution in [0.25, 0.3) is 0 Å². The Labute approximate surface area is 202 Å². The van der Waals surface area contributed by atoms with E-state index in [4.69, 9.17) is 9.15 Å². The van der Waals surface area contributed by atoms with E-state index in [1.165, 1.54) is 6.07 Å². The Balaban J connectivity index is 1.71. The third kappa shape index (κ3) is 6.39. The molecule has 186 valence electrons. The topological polar surface area (TPSA) is 92.7 Å². The Bertz CT molecular complexity index is 1200. The number of aromatic nitrogens is 1. The lowest BCUT2D eigenvalue weighted by Crippen LogP contribution is -2.30. The summed E-state index contributed by atoms with van der Waals surface area (Å²) in [7, 11) is 1.76. The summed E-state index contributed by atoms with van der Waals surface area (Å²) >= 11 is 0. The predicted molar refractivity (Wildman–Crippen MR) is 126 cm³/mol. The quantitative estimate of drug-likeness (QED) is 0.423. The summed E-state index contributed by atoms with van der Waals surface area (Å²) in [5.41, 5.74) is 2.81. The first-order valence-electron chi connectivity index (χ1n) is 11.0. The highest BCUT2D eigenvalue weighted by Crippen LogP contribution is 2.30. The number of hydrogen-bond acceptors (Lipinski definition) is 6. The molecule has 3 rings (SSSR count). The Morgan fingerprint density at radius 1 is 1.29 bits per heavy atom. The van der Waals surface area contributed by atoms with Gasteiger partial charge in [0.1, 0.15) is 17.6 Å². The number of anilines is 1. The summed E-state index contributed by atoms with van der Waals surface area (Å²) in [5, 5.41) is 12.6. The van der Waals surface area contributed by atoms with Crippen molar-refractivity contribution in [1.82, 2.24) is 9.47 Å². The van der Waals surface area contributed by atoms with Gasteiger partial charge in [0.05, 0.1) is 31.5 Å². The summed E-state index contributed by atoms with van der Waals surface area (Å²) in [4.78, 5) is 14.6. The van der Waals surface area contributed by atoms with Crippen molar-refractivity contribution in [1.29, 1.82) is 5.26 Å². The molecular formula is C25H28F2N4O4. The summed E-state index contributed by atoms with van der Waals surface area (Å²) in [5.74, 6) is 0.987. The molecule has 0 radical (unpaired) electrons. The van der Waals surface area contributed by atoms with Crippen molar-refractivity contribution in [2.75, 3.05) is 25.5 Å². The van der Waals surface area contributed by atoms with E-state index in [2.05, 4.69) is 16.1 Å². The molecule has 0 saturated carbocycles. The zero-order valence-corrected chi connectivity index (χ0v) is 20.1. The third-order valence-electron chi connectivity index (χ3n) is 5.48. The Hall–Kier alpha value is -3.84. The number of benzene rings is 1. The fraction of sp³-hybridized carbons (Fsp3) is 0.360. The van der Waals surface area contributed by atoms with E-state index in [1.807, 2.05) is 24.5 Å². The van der Waals surface area contributed by atoms with E-state index in [0.717, 1.165) is 16.8 Å². The molecule has 1 amide bonds. The predicted octanol–water partition coefficient (Wildman–Crippen LogP) is 4.69. The van der Waals surface area contributed by atoms with Gasteiger partial charge in [0, 0.05) is 12.2 Å². The maximum Gasteiger partial charge on any atom is 0.387 e. The molecule has 0 aliphatic heterocycles. The maximum atomic E-state index is 12.9. The van der Waals surface area contributed by atoms with Gasteiger partial charge in [0.15, 0.2) is 11.5 Å². The molecule has 2 heterocycles. The summed E-state index contributed by atoms with van der Waals surface area (Å²) < 4.78 is 42.5. The van der Waals surface area contributed by atoms with Crippen LogP contribution in [0.3, 0.4) is 0 Å². The molecule has 1 aromatic carbocycles. The number of hydrogen-bond donors (Lipinski definition) is 1. The van der Waals surface area contributed by atoms with E-state index in [9.17, 15) is 18.8 Å². The number of amides is 1. The van der Waals surface area contributed by atoms with Gasteiger partial charge in [-0.2, -0.15) is 14.0 Å². The van der Waals surface area contributed by atoms with Gasteiger partial charge in [-0.3, -0.25) is 9.69 Å². The second-order valence-corrected chi connectivity index (χ2v) is 8.02. The van der Waals surface area contributed by atoms with Crippen LogP contribution in [0.4, 0.5) is 14.6 Å². The largest absolute Gasteiger partial charge is 0.490 e. The molecule has 0 spiro atoms. The van der Waals surface area contributed by atoms with Crippen LogP contribution in [0.15, 0.2) is 41.0 Å². The van der Waals surface area contributed by atoms with Crippen LogP contribution < -0.4 is 14.8 Å². The Morgan fingerprint density at radius 2 is 2.06 bits per heavy atom. The van der Waals surface area contributed by atoms with Crippen LogP contribution in [0, 0.1) is 25.2 Å². The molecule has 0 fully saturated rings. The Morgan fingerprint density at radius 3 is 2.69 bits per heavy atom. The van der Waals surface area contributed by atoms with Gasteiger partial charge in [-0.05, 0) is 63.2 Å². The third-order valence-corrected chi connectivity index (χ3v) is 5.48. The Kier molecular flexibility index (Phi) is 8.49. The highest BCUT2D eigenvalue weighted by Gasteiger charge is 2.21. The molecule has 3 aromatic rings. The first kappa shape index (κ1) is 25.8. The lowest BCUT2D eigenvalue weighted by molar-refractivity contribution is -0.117. The molecule has 1 N–H and O–H groups in total. The molecule has 0 bridgehead atoms. The minimum absolute atomic E-state index is 0.0359. The van der Waals surface area contributed by atoms with Gasteiger partial charge < -0.3 is 23.8 Å². The molecule has 0 unspecified atom stereocenters. The van der Waals surface area contributed by atoms with Crippen LogP contribution in [-0.4, -0.2) is 42.2 Å². The first-order chi connectivity index (χ1) is 16.7. The number of carbonyl (C=O) groups excluding carboxylic acids is 1. The number of rotatable bonds is 11. The molecule has 2 aromatic heterocycles. The molecule has 35 heavy (non-hydrogen) atoms. The molecule has 0 aliphatic carbocycles. The zero-order valence-electron chi connectivity index (χ0n) is 20.1. The number of ether oxygens (including phenoxy) is 2. The monoisotopic (exact) mass is 486 g/mol. The van der Waals surface area contributed by atoms with Crippen LogP contribution in [0.1, 0.15) is 35.1 Å². The normalized spacial score (nSPS) is 11.1. The van der Waals surface area contributed by atoms with Crippen molar-refractivity contribution in [3.8, 4) is 17.6 Å². The molecule has 0 saturated heterocycles. The zero-order chi connectivity index (χ0) is 25.5. The fourth-order valence-corrected chi connectivity index (χ4v) is 3.78. The lowest BCUT2D eigenvalue weighted by Gasteiger charge is -2.19. The minimum Gasteiger partial charge on any atom is -0.490 e. The standard InChI is InChI=1S/C25H28F2N4O4/c1-5-33-22-11-18(8-9-21(22)35-25(26)27)13-30(4)15-23(32)29-24-20(12-28)16(2)17(3)31(24)14-19-7-6-10-34-19/h6-11,25H,5,13-15H2,1-4H3,(H,29,32). The number of furan rings is 1. The number of nitrogens with one attached hydrogen (secondary N) is 1. The fourth-order valence-electron chi connectivity index (χ4n) is 3.78. The molecule has 0 atom stereocenters. The highest BCUT2D eigenvalue weighted by molar-refractivity contribution is 5.93. The number of likely N-dealkylation sites (N-methyl/N-ethyl adjacent to an activating group) is 1. The molecule has 8 nitrogen and oxygen atoms in total. The van der Waals surface area contributed by atoms with E-state index >= 15 is 0 Å². The lowest BCUT2D eigenvalue weighted by atomic mass is 10.2. The van der Waals surface area contributed by atoms with Gasteiger partial charge in [0.2, 0.25) is 5.91 Å². The van der Waals surface area contributed by atoms with Gasteiger partial charge in [0.25, 0.3) is 0 Å². The van der Waals surface area contributed by atoms with Crippen molar-refractivity contribution in [2.45, 2.75) is 40.5 Å². The average Bonchev–Trinajstić information content (AvgIpc) is 3.38.